The fourth-order valence-electron chi connectivity index (χ4n) is 2.99. The molecule has 2 aliphatic rings. The fraction of sp³-hybridized carbons (Fsp3) is 0.688. The Labute approximate surface area is 125 Å². The first-order chi connectivity index (χ1) is 10.2. The number of ether oxygens (including phenoxy) is 1. The van der Waals surface area contributed by atoms with E-state index in [9.17, 15) is 4.79 Å². The third kappa shape index (κ3) is 3.47. The molecule has 0 N–H and O–H groups in total. The van der Waals surface area contributed by atoms with Crippen LogP contribution in [0.25, 0.3) is 0 Å². The molecule has 1 saturated carbocycles. The second-order valence-corrected chi connectivity index (χ2v) is 6.21. The van der Waals surface area contributed by atoms with Gasteiger partial charge >= 0.3 is 0 Å². The van der Waals surface area contributed by atoms with Gasteiger partial charge < -0.3 is 14.1 Å². The lowest BCUT2D eigenvalue weighted by molar-refractivity contribution is -0.137. The molecule has 1 amide bonds. The van der Waals surface area contributed by atoms with Gasteiger partial charge in [-0.25, -0.2) is 0 Å². The van der Waals surface area contributed by atoms with Gasteiger partial charge in [-0.3, -0.25) is 9.69 Å². The van der Waals surface area contributed by atoms with Gasteiger partial charge in [-0.15, -0.1) is 0 Å². The van der Waals surface area contributed by atoms with Gasteiger partial charge in [0, 0.05) is 39.2 Å². The lowest BCUT2D eigenvalue weighted by Gasteiger charge is -2.34. The zero-order valence-corrected chi connectivity index (χ0v) is 12.9. The highest BCUT2D eigenvalue weighted by atomic mass is 16.5. The van der Waals surface area contributed by atoms with E-state index >= 15 is 0 Å². The monoisotopic (exact) mass is 292 g/mol. The third-order valence-corrected chi connectivity index (χ3v) is 4.53. The van der Waals surface area contributed by atoms with Crippen molar-refractivity contribution in [1.29, 1.82) is 0 Å². The summed E-state index contributed by atoms with van der Waals surface area (Å²) in [5, 5.41) is 0. The van der Waals surface area contributed by atoms with Crippen LogP contribution in [-0.4, -0.2) is 55.6 Å². The van der Waals surface area contributed by atoms with Crippen molar-refractivity contribution in [3.05, 3.63) is 23.7 Å². The number of carbonyl (C=O) groups excluding carboxylic acids is 1. The van der Waals surface area contributed by atoms with E-state index in [1.54, 1.807) is 7.11 Å². The van der Waals surface area contributed by atoms with Crippen LogP contribution in [0.1, 0.15) is 30.8 Å². The van der Waals surface area contributed by atoms with E-state index in [-0.39, 0.29) is 12.5 Å². The Kier molecular flexibility index (Phi) is 4.31. The molecular formula is C16H24N2O3. The molecule has 116 valence electrons. The van der Waals surface area contributed by atoms with Gasteiger partial charge in [0.2, 0.25) is 5.91 Å². The van der Waals surface area contributed by atoms with E-state index in [0.717, 1.165) is 50.2 Å². The molecule has 0 spiro atoms. The summed E-state index contributed by atoms with van der Waals surface area (Å²) in [6.45, 7) is 6.62. The van der Waals surface area contributed by atoms with Gasteiger partial charge in [-0.1, -0.05) is 6.92 Å². The van der Waals surface area contributed by atoms with E-state index in [4.69, 9.17) is 9.15 Å². The Morgan fingerprint density at radius 2 is 2.05 bits per heavy atom. The molecule has 5 heteroatoms. The quantitative estimate of drug-likeness (QED) is 0.828. The molecule has 1 aliphatic carbocycles. The van der Waals surface area contributed by atoms with Crippen LogP contribution < -0.4 is 0 Å². The molecule has 2 atom stereocenters. The zero-order valence-electron chi connectivity index (χ0n) is 12.9. The minimum atomic E-state index is 0.0835. The number of nitrogens with zero attached hydrogens (tertiary/aromatic N) is 2. The minimum absolute atomic E-state index is 0.0835. The molecule has 2 fully saturated rings. The van der Waals surface area contributed by atoms with Crippen molar-refractivity contribution >= 4 is 5.91 Å². The van der Waals surface area contributed by atoms with E-state index in [2.05, 4.69) is 24.0 Å². The normalized spacial score (nSPS) is 26.1. The SMILES string of the molecule is COCC(=O)N1CCN(Cc2ccc([C@H]3C[C@H]3C)o2)CC1. The molecule has 1 aromatic heterocycles. The Hall–Kier alpha value is -1.33. The van der Waals surface area contributed by atoms with Crippen molar-refractivity contribution in [3.63, 3.8) is 0 Å². The largest absolute Gasteiger partial charge is 0.464 e. The summed E-state index contributed by atoms with van der Waals surface area (Å²) in [6.07, 6.45) is 1.26. The van der Waals surface area contributed by atoms with Crippen LogP contribution in [0.3, 0.4) is 0 Å². The van der Waals surface area contributed by atoms with Crippen LogP contribution in [0, 0.1) is 5.92 Å². The van der Waals surface area contributed by atoms with Crippen molar-refractivity contribution in [3.8, 4) is 0 Å². The van der Waals surface area contributed by atoms with Crippen LogP contribution in [0.5, 0.6) is 0 Å². The predicted molar refractivity (Wildman–Crippen MR) is 79.0 cm³/mol. The summed E-state index contributed by atoms with van der Waals surface area (Å²) < 4.78 is 10.9. The summed E-state index contributed by atoms with van der Waals surface area (Å²) >= 11 is 0. The van der Waals surface area contributed by atoms with E-state index < -0.39 is 0 Å². The van der Waals surface area contributed by atoms with Crippen molar-refractivity contribution in [2.45, 2.75) is 25.8 Å². The summed E-state index contributed by atoms with van der Waals surface area (Å²) in [4.78, 5) is 16.0. The smallest absolute Gasteiger partial charge is 0.248 e. The summed E-state index contributed by atoms with van der Waals surface area (Å²) in [7, 11) is 1.56. The highest BCUT2D eigenvalue weighted by Crippen LogP contribution is 2.47. The predicted octanol–water partition coefficient (Wildman–Crippen LogP) is 1.69. The van der Waals surface area contributed by atoms with Crippen LogP contribution in [-0.2, 0) is 16.1 Å². The van der Waals surface area contributed by atoms with E-state index in [1.807, 2.05) is 4.90 Å². The van der Waals surface area contributed by atoms with Crippen molar-refractivity contribution in [1.82, 2.24) is 9.80 Å². The molecule has 1 aromatic rings. The standard InChI is InChI=1S/C16H24N2O3/c1-12-9-14(12)15-4-3-13(21-15)10-17-5-7-18(8-6-17)16(19)11-20-2/h3-4,12,14H,5-11H2,1-2H3/t12-,14+/m1/s1. The highest BCUT2D eigenvalue weighted by Gasteiger charge is 2.36. The number of furan rings is 1. The van der Waals surface area contributed by atoms with E-state index in [0.29, 0.717) is 5.92 Å². The summed E-state index contributed by atoms with van der Waals surface area (Å²) in [5.74, 6) is 3.69. The van der Waals surface area contributed by atoms with Crippen molar-refractivity contribution in [2.24, 2.45) is 5.92 Å². The van der Waals surface area contributed by atoms with Crippen LogP contribution in [0.4, 0.5) is 0 Å². The number of amides is 1. The lowest BCUT2D eigenvalue weighted by atomic mass is 10.2. The molecule has 2 heterocycles. The maximum absolute atomic E-state index is 11.7. The molecule has 5 nitrogen and oxygen atoms in total. The minimum Gasteiger partial charge on any atom is -0.464 e. The molecule has 1 aliphatic heterocycles. The van der Waals surface area contributed by atoms with Crippen LogP contribution in [0.2, 0.25) is 0 Å². The topological polar surface area (TPSA) is 45.9 Å². The second-order valence-electron chi connectivity index (χ2n) is 6.21. The number of hydrogen-bond donors (Lipinski definition) is 0. The maximum atomic E-state index is 11.7. The van der Waals surface area contributed by atoms with Crippen molar-refractivity contribution in [2.75, 3.05) is 39.9 Å². The Bertz CT molecular complexity index is 491. The fourth-order valence-corrected chi connectivity index (χ4v) is 2.99. The first kappa shape index (κ1) is 14.6. The molecule has 0 radical (unpaired) electrons. The number of methoxy groups -OCH3 is 1. The third-order valence-electron chi connectivity index (χ3n) is 4.53. The molecule has 21 heavy (non-hydrogen) atoms. The van der Waals surface area contributed by atoms with Gasteiger partial charge in [-0.2, -0.15) is 0 Å². The van der Waals surface area contributed by atoms with Gasteiger partial charge in [0.05, 0.1) is 6.54 Å². The molecular weight excluding hydrogens is 268 g/mol. The molecule has 3 rings (SSSR count). The zero-order chi connectivity index (χ0) is 14.8. The molecule has 0 unspecified atom stereocenters. The van der Waals surface area contributed by atoms with Crippen molar-refractivity contribution < 1.29 is 13.9 Å². The average molecular weight is 292 g/mol. The van der Waals surface area contributed by atoms with Gasteiger partial charge in [0.1, 0.15) is 18.1 Å². The highest BCUT2D eigenvalue weighted by molar-refractivity contribution is 5.77. The van der Waals surface area contributed by atoms with Crippen LogP contribution in [0.15, 0.2) is 16.5 Å². The Morgan fingerprint density at radius 1 is 1.33 bits per heavy atom. The lowest BCUT2D eigenvalue weighted by Crippen LogP contribution is -2.49. The van der Waals surface area contributed by atoms with E-state index in [1.165, 1.54) is 6.42 Å². The summed E-state index contributed by atoms with van der Waals surface area (Å²) in [5.41, 5.74) is 0. The number of rotatable bonds is 5. The summed E-state index contributed by atoms with van der Waals surface area (Å²) in [6, 6.07) is 4.23. The average Bonchev–Trinajstić information content (AvgIpc) is 3.03. The number of carbonyl (C=O) groups is 1. The first-order valence-electron chi connectivity index (χ1n) is 7.75. The Morgan fingerprint density at radius 3 is 2.67 bits per heavy atom. The Balaban J connectivity index is 1.47. The first-order valence-corrected chi connectivity index (χ1v) is 7.75. The molecule has 0 bridgehead atoms. The molecule has 1 saturated heterocycles. The molecule has 0 aromatic carbocycles. The van der Waals surface area contributed by atoms with Gasteiger partial charge in [-0.05, 0) is 24.5 Å². The number of hydrogen-bond acceptors (Lipinski definition) is 4. The second kappa shape index (κ2) is 6.20. The van der Waals surface area contributed by atoms with Gasteiger partial charge in [0.25, 0.3) is 0 Å². The number of piperazine rings is 1. The van der Waals surface area contributed by atoms with Gasteiger partial charge in [0.15, 0.2) is 0 Å². The maximum Gasteiger partial charge on any atom is 0.248 e. The van der Waals surface area contributed by atoms with Crippen LogP contribution >= 0.6 is 0 Å².